The van der Waals surface area contributed by atoms with Crippen LogP contribution in [0, 0.1) is 0 Å². The topological polar surface area (TPSA) is 71.0 Å². The summed E-state index contributed by atoms with van der Waals surface area (Å²) in [6.07, 6.45) is -0.0247. The molecule has 0 radical (unpaired) electrons. The lowest BCUT2D eigenvalue weighted by Gasteiger charge is -2.19. The monoisotopic (exact) mass is 255 g/mol. The van der Waals surface area contributed by atoms with Crippen molar-refractivity contribution in [1.29, 1.82) is 0 Å². The molecule has 0 aromatic heterocycles. The molecule has 0 amide bonds. The number of ether oxygens (including phenoxy) is 2. The molecule has 18 heavy (non-hydrogen) atoms. The predicted octanol–water partition coefficient (Wildman–Crippen LogP) is 1.41. The second-order valence-corrected chi connectivity index (χ2v) is 4.23. The van der Waals surface area contributed by atoms with E-state index in [4.69, 9.17) is 9.47 Å². The smallest absolute Gasteiger partial charge is 0.119 e. The molecule has 0 fully saturated rings. The molecular weight excluding hydrogens is 234 g/mol. The number of aromatic hydroxyl groups is 2. The van der Waals surface area contributed by atoms with Crippen LogP contribution in [0.5, 0.6) is 11.5 Å². The van der Waals surface area contributed by atoms with Crippen LogP contribution < -0.4 is 5.32 Å². The Kier molecular flexibility index (Phi) is 5.91. The van der Waals surface area contributed by atoms with E-state index in [9.17, 15) is 10.2 Å². The normalized spacial score (nSPS) is 14.4. The highest BCUT2D eigenvalue weighted by Crippen LogP contribution is 2.24. The van der Waals surface area contributed by atoms with Crippen molar-refractivity contribution in [3.63, 3.8) is 0 Å². The second kappa shape index (κ2) is 7.20. The van der Waals surface area contributed by atoms with Crippen molar-refractivity contribution < 1.29 is 19.7 Å². The van der Waals surface area contributed by atoms with Gasteiger partial charge in [0.15, 0.2) is 0 Å². The van der Waals surface area contributed by atoms with E-state index in [0.29, 0.717) is 13.2 Å². The van der Waals surface area contributed by atoms with Crippen molar-refractivity contribution >= 4 is 0 Å². The Bertz CT molecular complexity index is 350. The van der Waals surface area contributed by atoms with Gasteiger partial charge in [-0.15, -0.1) is 0 Å². The molecule has 2 atom stereocenters. The van der Waals surface area contributed by atoms with Crippen LogP contribution in [0.1, 0.15) is 18.5 Å². The average molecular weight is 255 g/mol. The molecule has 0 aliphatic rings. The molecule has 3 N–H and O–H groups in total. The zero-order chi connectivity index (χ0) is 13.5. The van der Waals surface area contributed by atoms with Crippen molar-refractivity contribution in [3.8, 4) is 11.5 Å². The van der Waals surface area contributed by atoms with Gasteiger partial charge in [0.1, 0.15) is 11.5 Å². The van der Waals surface area contributed by atoms with E-state index in [1.165, 1.54) is 6.07 Å². The molecule has 0 aliphatic carbocycles. The minimum atomic E-state index is -0.0247. The first-order chi connectivity index (χ1) is 8.56. The van der Waals surface area contributed by atoms with Gasteiger partial charge in [-0.05, 0) is 24.6 Å². The lowest BCUT2D eigenvalue weighted by atomic mass is 10.1. The third kappa shape index (κ3) is 4.52. The number of hydrogen-bond donors (Lipinski definition) is 3. The molecule has 102 valence electrons. The Hall–Kier alpha value is -1.30. The van der Waals surface area contributed by atoms with E-state index in [-0.39, 0.29) is 23.6 Å². The van der Waals surface area contributed by atoms with Gasteiger partial charge in [0.05, 0.1) is 12.7 Å². The SMILES string of the molecule is COCC(CNC(C)c1cc(O)cc(O)c1)OC. The maximum Gasteiger partial charge on any atom is 0.119 e. The summed E-state index contributed by atoms with van der Waals surface area (Å²) >= 11 is 0. The molecule has 2 unspecified atom stereocenters. The fraction of sp³-hybridized carbons (Fsp3) is 0.538. The van der Waals surface area contributed by atoms with Crippen molar-refractivity contribution in [2.75, 3.05) is 27.4 Å². The molecule has 0 bridgehead atoms. The fourth-order valence-electron chi connectivity index (χ4n) is 1.69. The second-order valence-electron chi connectivity index (χ2n) is 4.23. The molecule has 0 aliphatic heterocycles. The number of methoxy groups -OCH3 is 2. The Morgan fingerprint density at radius 2 is 1.78 bits per heavy atom. The van der Waals surface area contributed by atoms with Gasteiger partial charge >= 0.3 is 0 Å². The highest BCUT2D eigenvalue weighted by atomic mass is 16.5. The zero-order valence-corrected chi connectivity index (χ0v) is 11.0. The highest BCUT2D eigenvalue weighted by molar-refractivity contribution is 5.37. The Balaban J connectivity index is 2.56. The van der Waals surface area contributed by atoms with E-state index < -0.39 is 0 Å². The first-order valence-corrected chi connectivity index (χ1v) is 5.84. The van der Waals surface area contributed by atoms with Crippen LogP contribution in [-0.2, 0) is 9.47 Å². The van der Waals surface area contributed by atoms with Crippen molar-refractivity contribution in [1.82, 2.24) is 5.32 Å². The van der Waals surface area contributed by atoms with E-state index in [2.05, 4.69) is 5.32 Å². The number of rotatable bonds is 7. The van der Waals surface area contributed by atoms with Crippen LogP contribution in [0.25, 0.3) is 0 Å². The Morgan fingerprint density at radius 1 is 1.17 bits per heavy atom. The summed E-state index contributed by atoms with van der Waals surface area (Å²) in [6, 6.07) is 4.54. The molecule has 0 saturated heterocycles. The van der Waals surface area contributed by atoms with Crippen molar-refractivity contribution in [2.24, 2.45) is 0 Å². The molecule has 0 saturated carbocycles. The number of phenolic OH excluding ortho intramolecular Hbond substituents is 2. The number of phenols is 2. The molecule has 0 heterocycles. The summed E-state index contributed by atoms with van der Waals surface area (Å²) in [5, 5.41) is 22.1. The standard InChI is InChI=1S/C13H21NO4/c1-9(14-7-13(18-3)8-17-2)10-4-11(15)6-12(16)5-10/h4-6,9,13-16H,7-8H2,1-3H3. The Labute approximate surface area is 107 Å². The van der Waals surface area contributed by atoms with Crippen LogP contribution in [0.4, 0.5) is 0 Å². The third-order valence-corrected chi connectivity index (χ3v) is 2.76. The molecule has 0 spiro atoms. The van der Waals surface area contributed by atoms with E-state index in [1.54, 1.807) is 26.4 Å². The minimum Gasteiger partial charge on any atom is -0.508 e. The lowest BCUT2D eigenvalue weighted by molar-refractivity contribution is 0.0276. The van der Waals surface area contributed by atoms with Crippen molar-refractivity contribution in [2.45, 2.75) is 19.1 Å². The van der Waals surface area contributed by atoms with Crippen LogP contribution >= 0.6 is 0 Å². The van der Waals surface area contributed by atoms with Gasteiger partial charge < -0.3 is 25.0 Å². The maximum atomic E-state index is 9.42. The highest BCUT2D eigenvalue weighted by Gasteiger charge is 2.11. The van der Waals surface area contributed by atoms with E-state index >= 15 is 0 Å². The first-order valence-electron chi connectivity index (χ1n) is 5.84. The minimum absolute atomic E-state index is 0.00231. The molecule has 5 nitrogen and oxygen atoms in total. The third-order valence-electron chi connectivity index (χ3n) is 2.76. The van der Waals surface area contributed by atoms with Crippen LogP contribution in [-0.4, -0.2) is 43.7 Å². The summed E-state index contributed by atoms with van der Waals surface area (Å²) in [6.45, 7) is 3.09. The van der Waals surface area contributed by atoms with Crippen molar-refractivity contribution in [3.05, 3.63) is 23.8 Å². The largest absolute Gasteiger partial charge is 0.508 e. The molecule has 5 heteroatoms. The van der Waals surface area contributed by atoms with E-state index in [1.807, 2.05) is 6.92 Å². The first kappa shape index (κ1) is 14.8. The average Bonchev–Trinajstić information content (AvgIpc) is 2.32. The van der Waals surface area contributed by atoms with Gasteiger partial charge in [-0.2, -0.15) is 0 Å². The summed E-state index contributed by atoms with van der Waals surface area (Å²) in [5.74, 6) is 0.109. The molecule has 1 rings (SSSR count). The van der Waals surface area contributed by atoms with Crippen LogP contribution in [0.3, 0.4) is 0 Å². The number of benzene rings is 1. The van der Waals surface area contributed by atoms with E-state index in [0.717, 1.165) is 5.56 Å². The Morgan fingerprint density at radius 3 is 2.28 bits per heavy atom. The quantitative estimate of drug-likeness (QED) is 0.687. The van der Waals surface area contributed by atoms with Gasteiger partial charge in [0.2, 0.25) is 0 Å². The van der Waals surface area contributed by atoms with Crippen LogP contribution in [0.2, 0.25) is 0 Å². The summed E-state index contributed by atoms with van der Waals surface area (Å²) < 4.78 is 10.3. The van der Waals surface area contributed by atoms with Crippen LogP contribution in [0.15, 0.2) is 18.2 Å². The summed E-state index contributed by atoms with van der Waals surface area (Å²) in [5.41, 5.74) is 0.819. The van der Waals surface area contributed by atoms with Gasteiger partial charge in [-0.1, -0.05) is 0 Å². The zero-order valence-electron chi connectivity index (χ0n) is 11.0. The summed E-state index contributed by atoms with van der Waals surface area (Å²) in [7, 11) is 3.26. The van der Waals surface area contributed by atoms with Gasteiger partial charge in [0, 0.05) is 32.9 Å². The molecule has 1 aromatic carbocycles. The van der Waals surface area contributed by atoms with Gasteiger partial charge in [0.25, 0.3) is 0 Å². The molecular formula is C13H21NO4. The van der Waals surface area contributed by atoms with Gasteiger partial charge in [-0.3, -0.25) is 0 Å². The fourth-order valence-corrected chi connectivity index (χ4v) is 1.69. The number of nitrogens with one attached hydrogen (secondary N) is 1. The lowest BCUT2D eigenvalue weighted by Crippen LogP contribution is -2.33. The predicted molar refractivity (Wildman–Crippen MR) is 68.9 cm³/mol. The number of hydrogen-bond acceptors (Lipinski definition) is 5. The summed E-state index contributed by atoms with van der Waals surface area (Å²) in [4.78, 5) is 0. The molecule has 1 aromatic rings. The van der Waals surface area contributed by atoms with Gasteiger partial charge in [-0.25, -0.2) is 0 Å². The maximum absolute atomic E-state index is 9.42.